The predicted molar refractivity (Wildman–Crippen MR) is 132 cm³/mol. The minimum absolute atomic E-state index is 0.0270. The van der Waals surface area contributed by atoms with Gasteiger partial charge in [-0.25, -0.2) is 14.2 Å². The van der Waals surface area contributed by atoms with Gasteiger partial charge in [-0.2, -0.15) is 0 Å². The summed E-state index contributed by atoms with van der Waals surface area (Å²) >= 11 is 0. The van der Waals surface area contributed by atoms with E-state index in [1.807, 2.05) is 49.4 Å². The van der Waals surface area contributed by atoms with Gasteiger partial charge in [-0.3, -0.25) is 9.59 Å². The van der Waals surface area contributed by atoms with Gasteiger partial charge in [-0.05, 0) is 50.2 Å². The molecule has 0 spiro atoms. The minimum Gasteiger partial charge on any atom is -0.476 e. The maximum atomic E-state index is 13.5. The number of benzene rings is 3. The van der Waals surface area contributed by atoms with Crippen LogP contribution < -0.4 is 10.4 Å². The monoisotopic (exact) mass is 493 g/mol. The summed E-state index contributed by atoms with van der Waals surface area (Å²) in [6.07, 6.45) is 5.87. The van der Waals surface area contributed by atoms with E-state index in [0.29, 0.717) is 11.1 Å². The van der Waals surface area contributed by atoms with Gasteiger partial charge < -0.3 is 5.11 Å². The zero-order chi connectivity index (χ0) is 26.1. The van der Waals surface area contributed by atoms with Crippen molar-refractivity contribution in [1.82, 2.24) is 15.2 Å². The van der Waals surface area contributed by atoms with Crippen molar-refractivity contribution in [2.45, 2.75) is 12.8 Å². The van der Waals surface area contributed by atoms with Gasteiger partial charge in [-0.1, -0.05) is 61.5 Å². The molecule has 0 amide bonds. The first-order valence-corrected chi connectivity index (χ1v) is 11.5. The fourth-order valence-electron chi connectivity index (χ4n) is 4.75. The Bertz CT molecular complexity index is 1770. The van der Waals surface area contributed by atoms with Crippen molar-refractivity contribution in [1.29, 1.82) is 0 Å². The third-order valence-electron chi connectivity index (χ3n) is 6.42. The molecular weight excluding hydrogens is 473 g/mol. The number of aromatic nitrogens is 3. The van der Waals surface area contributed by atoms with Gasteiger partial charge in [0, 0.05) is 11.5 Å². The van der Waals surface area contributed by atoms with Gasteiger partial charge in [-0.15, -0.1) is 10.2 Å². The zero-order valence-corrected chi connectivity index (χ0v) is 19.6. The molecule has 0 saturated heterocycles. The summed E-state index contributed by atoms with van der Waals surface area (Å²) in [5.41, 5.74) is 1.90. The van der Waals surface area contributed by atoms with Crippen molar-refractivity contribution < 1.29 is 23.9 Å². The van der Waals surface area contributed by atoms with E-state index in [9.17, 15) is 18.8 Å². The number of nitrogens with zero attached hydrogens (tertiary/aromatic N) is 3. The first-order valence-electron chi connectivity index (χ1n) is 11.5. The van der Waals surface area contributed by atoms with Gasteiger partial charge in [0.25, 0.3) is 0 Å². The Morgan fingerprint density at radius 1 is 0.946 bits per heavy atom. The smallest absolute Gasteiger partial charge is 0.358 e. The largest absolute Gasteiger partial charge is 0.476 e. The van der Waals surface area contributed by atoms with E-state index in [0.717, 1.165) is 32.6 Å². The molecule has 0 radical (unpaired) electrons. The number of hydrogen-bond acceptors (Lipinski definition) is 6. The third kappa shape index (κ3) is 4.45. The van der Waals surface area contributed by atoms with E-state index in [2.05, 4.69) is 15.2 Å². The second-order valence-electron chi connectivity index (χ2n) is 8.73. The number of carbonyl (C=O) groups is 3. The molecule has 7 nitrogen and oxygen atoms in total. The zero-order valence-electron chi connectivity index (χ0n) is 19.6. The second kappa shape index (κ2) is 9.66. The molecule has 1 heterocycles. The van der Waals surface area contributed by atoms with Crippen molar-refractivity contribution in [2.75, 3.05) is 0 Å². The van der Waals surface area contributed by atoms with Crippen LogP contribution in [0.15, 0.2) is 73.2 Å². The van der Waals surface area contributed by atoms with Crippen LogP contribution in [0.4, 0.5) is 4.39 Å². The van der Waals surface area contributed by atoms with Crippen LogP contribution in [0.1, 0.15) is 44.8 Å². The molecule has 3 aromatic carbocycles. The summed E-state index contributed by atoms with van der Waals surface area (Å²) in [7, 11) is 0. The Labute approximate surface area is 210 Å². The Morgan fingerprint density at radius 3 is 2.38 bits per heavy atom. The number of carbonyl (C=O) groups excluding carboxylic acids is 2. The highest BCUT2D eigenvalue weighted by atomic mass is 19.1. The van der Waals surface area contributed by atoms with Crippen molar-refractivity contribution >= 4 is 29.7 Å². The van der Waals surface area contributed by atoms with E-state index < -0.39 is 11.9 Å². The lowest BCUT2D eigenvalue weighted by molar-refractivity contribution is -0.121. The number of carboxylic acids is 1. The average Bonchev–Trinajstić information content (AvgIpc) is 2.91. The minimum atomic E-state index is -1.12. The number of halogens is 1. The highest BCUT2D eigenvalue weighted by molar-refractivity contribution is 6.19. The Kier molecular flexibility index (Phi) is 6.23. The second-order valence-corrected chi connectivity index (χ2v) is 8.73. The van der Waals surface area contributed by atoms with Crippen molar-refractivity contribution in [3.8, 4) is 0 Å². The highest BCUT2D eigenvalue weighted by Crippen LogP contribution is 2.33. The number of hydrogen-bond donors (Lipinski definition) is 1. The van der Waals surface area contributed by atoms with Crippen LogP contribution in [0.25, 0.3) is 12.2 Å². The van der Waals surface area contributed by atoms with Crippen LogP contribution in [-0.4, -0.2) is 37.8 Å². The predicted octanol–water partition coefficient (Wildman–Crippen LogP) is 2.79. The summed E-state index contributed by atoms with van der Waals surface area (Å²) in [6, 6.07) is 17.7. The number of Topliss-reactive ketones (excluding diaryl/α,β-unsaturated/α-hetero) is 2. The van der Waals surface area contributed by atoms with Crippen LogP contribution in [0.2, 0.25) is 0 Å². The fraction of sp³-hybridized carbons (Fsp3) is 0.103. The molecule has 1 aromatic heterocycles. The number of fused-ring (bicyclic) bond motifs is 4. The van der Waals surface area contributed by atoms with Crippen LogP contribution >= 0.6 is 0 Å². The van der Waals surface area contributed by atoms with E-state index >= 15 is 0 Å². The third-order valence-corrected chi connectivity index (χ3v) is 6.42. The molecule has 182 valence electrons. The number of ketones is 2. The van der Waals surface area contributed by atoms with Crippen molar-refractivity contribution in [3.63, 3.8) is 0 Å². The average molecular weight is 493 g/mol. The van der Waals surface area contributed by atoms with E-state index in [1.165, 1.54) is 18.5 Å². The molecule has 2 atom stereocenters. The molecule has 2 aliphatic rings. The highest BCUT2D eigenvalue weighted by Gasteiger charge is 2.34. The standard InChI is InChI=1S/C25H17FO2.C4H3N3O2/c1-14-12-17-8-11-20-19-5-3-2-4-16(19)13-21(27)24(20)22(17)23(25(14)28)15-6-9-18(26)10-7-15;8-4(9)3-1-5-2-6-7-3/h2-14,23H,1H3;1-2H,(H,8,9). The van der Waals surface area contributed by atoms with E-state index in [-0.39, 0.29) is 29.0 Å². The molecule has 37 heavy (non-hydrogen) atoms. The number of rotatable bonds is 2. The van der Waals surface area contributed by atoms with Crippen LogP contribution in [0, 0.1) is 22.2 Å². The maximum Gasteiger partial charge on any atom is 0.358 e. The van der Waals surface area contributed by atoms with Gasteiger partial charge >= 0.3 is 5.97 Å². The van der Waals surface area contributed by atoms with Crippen LogP contribution in [-0.2, 0) is 4.79 Å². The molecule has 0 bridgehead atoms. The molecule has 0 saturated carbocycles. The molecule has 1 N–H and O–H groups in total. The normalized spacial score (nSPS) is 17.1. The molecule has 2 aliphatic carbocycles. The summed E-state index contributed by atoms with van der Waals surface area (Å²) in [5.74, 6) is -2.37. The van der Waals surface area contributed by atoms with Gasteiger partial charge in [0.05, 0.1) is 12.1 Å². The molecule has 6 rings (SSSR count). The van der Waals surface area contributed by atoms with Crippen LogP contribution in [0.3, 0.4) is 0 Å². The lowest BCUT2D eigenvalue weighted by Crippen LogP contribution is -2.34. The quantitative estimate of drug-likeness (QED) is 0.457. The summed E-state index contributed by atoms with van der Waals surface area (Å²) in [5, 5.41) is 18.4. The van der Waals surface area contributed by atoms with Gasteiger partial charge in [0.1, 0.15) is 12.1 Å². The summed E-state index contributed by atoms with van der Waals surface area (Å²) in [6.45, 7) is 1.87. The van der Waals surface area contributed by atoms with Gasteiger partial charge in [0.2, 0.25) is 0 Å². The van der Waals surface area contributed by atoms with E-state index in [1.54, 1.807) is 18.2 Å². The molecule has 8 heteroatoms. The number of carboxylic acid groups (broad SMARTS) is 1. The SMILES string of the molecule is CC1C=c2ccc3c(c2C(c2ccc(F)cc2)C1=O)C(=O)C=c1ccccc1=3.O=C(O)c1cncnn1. The molecule has 0 fully saturated rings. The Morgan fingerprint density at radius 2 is 1.70 bits per heavy atom. The summed E-state index contributed by atoms with van der Waals surface area (Å²) < 4.78 is 13.5. The number of aromatic carboxylic acids is 1. The first kappa shape index (κ1) is 23.9. The lowest BCUT2D eigenvalue weighted by Gasteiger charge is -2.27. The van der Waals surface area contributed by atoms with Crippen LogP contribution in [0.5, 0.6) is 0 Å². The van der Waals surface area contributed by atoms with Crippen molar-refractivity contribution in [2.24, 2.45) is 5.92 Å². The maximum absolute atomic E-state index is 13.5. The van der Waals surface area contributed by atoms with Crippen molar-refractivity contribution in [3.05, 3.63) is 122 Å². The Balaban J connectivity index is 0.000000265. The topological polar surface area (TPSA) is 110 Å². The lowest BCUT2D eigenvalue weighted by atomic mass is 9.74. The molecule has 0 aliphatic heterocycles. The summed E-state index contributed by atoms with van der Waals surface area (Å²) in [4.78, 5) is 39.8. The fourth-order valence-corrected chi connectivity index (χ4v) is 4.75. The van der Waals surface area contributed by atoms with E-state index in [4.69, 9.17) is 5.11 Å². The molecule has 2 unspecified atom stereocenters. The Hall–Kier alpha value is -4.85. The molecular formula is C29H20FN3O4. The molecule has 4 aromatic rings. The van der Waals surface area contributed by atoms with Gasteiger partial charge in [0.15, 0.2) is 17.3 Å². The first-order chi connectivity index (χ1) is 17.8.